The molecule has 3 nitrogen and oxygen atoms in total. The summed E-state index contributed by atoms with van der Waals surface area (Å²) in [6.07, 6.45) is 4.04. The first-order valence-electron chi connectivity index (χ1n) is 5.84. The van der Waals surface area contributed by atoms with Gasteiger partial charge in [0.15, 0.2) is 5.16 Å². The Hall–Kier alpha value is -0.770. The van der Waals surface area contributed by atoms with Crippen molar-refractivity contribution in [2.24, 2.45) is 5.92 Å². The van der Waals surface area contributed by atoms with E-state index in [1.165, 1.54) is 6.42 Å². The number of rotatable bonds is 7. The van der Waals surface area contributed by atoms with Gasteiger partial charge < -0.3 is 4.57 Å². The van der Waals surface area contributed by atoms with Gasteiger partial charge in [-0.25, -0.2) is 0 Å². The number of hydrogen-bond acceptors (Lipinski definition) is 3. The predicted molar refractivity (Wildman–Crippen MR) is 69.8 cm³/mol. The largest absolute Gasteiger partial charge is 0.302 e. The van der Waals surface area contributed by atoms with Crippen LogP contribution in [0.2, 0.25) is 0 Å². The van der Waals surface area contributed by atoms with Crippen LogP contribution in [0.15, 0.2) is 17.8 Å². The number of aromatic nitrogens is 3. The molecule has 0 saturated carbocycles. The van der Waals surface area contributed by atoms with Gasteiger partial charge in [0.05, 0.1) is 0 Å². The fourth-order valence-electron chi connectivity index (χ4n) is 1.39. The molecule has 0 aromatic carbocycles. The topological polar surface area (TPSA) is 30.7 Å². The fourth-order valence-corrected chi connectivity index (χ4v) is 2.59. The summed E-state index contributed by atoms with van der Waals surface area (Å²) < 4.78 is 2.15. The summed E-state index contributed by atoms with van der Waals surface area (Å²) in [7, 11) is 0. The molecule has 0 N–H and O–H groups in total. The second-order valence-electron chi connectivity index (χ2n) is 4.18. The first kappa shape index (κ1) is 13.3. The molecular weight excluding hydrogens is 218 g/mol. The van der Waals surface area contributed by atoms with Crippen LogP contribution in [-0.2, 0) is 13.0 Å². The van der Waals surface area contributed by atoms with E-state index in [-0.39, 0.29) is 0 Å². The third-order valence-corrected chi connectivity index (χ3v) is 3.35. The van der Waals surface area contributed by atoms with Gasteiger partial charge in [0.2, 0.25) is 0 Å². The van der Waals surface area contributed by atoms with Gasteiger partial charge in [-0.3, -0.25) is 0 Å². The third-order valence-electron chi connectivity index (χ3n) is 2.35. The highest BCUT2D eigenvalue weighted by atomic mass is 32.2. The van der Waals surface area contributed by atoms with Crippen LogP contribution in [0.5, 0.6) is 0 Å². The number of nitrogens with zero attached hydrogens (tertiary/aromatic N) is 3. The van der Waals surface area contributed by atoms with Gasteiger partial charge in [0.1, 0.15) is 5.82 Å². The number of aryl methyl sites for hydroxylation is 1. The lowest BCUT2D eigenvalue weighted by molar-refractivity contribution is 0.629. The summed E-state index contributed by atoms with van der Waals surface area (Å²) >= 11 is 1.79. The predicted octanol–water partition coefficient (Wildman–Crippen LogP) is 3.16. The molecule has 0 spiro atoms. The van der Waals surface area contributed by atoms with Crippen molar-refractivity contribution in [3.63, 3.8) is 0 Å². The summed E-state index contributed by atoms with van der Waals surface area (Å²) in [5.74, 6) is 2.90. The van der Waals surface area contributed by atoms with Crippen molar-refractivity contribution in [2.45, 2.75) is 45.3 Å². The Morgan fingerprint density at radius 2 is 2.19 bits per heavy atom. The van der Waals surface area contributed by atoms with E-state index in [0.717, 1.165) is 35.6 Å². The zero-order valence-electron chi connectivity index (χ0n) is 10.4. The van der Waals surface area contributed by atoms with Gasteiger partial charge in [-0.15, -0.1) is 16.8 Å². The first-order valence-corrected chi connectivity index (χ1v) is 6.83. The molecule has 0 aliphatic carbocycles. The maximum atomic E-state index is 4.23. The van der Waals surface area contributed by atoms with E-state index < -0.39 is 0 Å². The molecule has 1 aromatic rings. The van der Waals surface area contributed by atoms with E-state index in [2.05, 4.69) is 42.1 Å². The standard InChI is InChI=1S/C12H21N3S/c1-5-8-15-11(6-2)13-14-12(15)16-9-7-10(3)4/h5,10H,1,6-9H2,2-4H3. The monoisotopic (exact) mass is 239 g/mol. The van der Waals surface area contributed by atoms with Crippen LogP contribution < -0.4 is 0 Å². The van der Waals surface area contributed by atoms with E-state index in [9.17, 15) is 0 Å². The summed E-state index contributed by atoms with van der Waals surface area (Å²) in [4.78, 5) is 0. The van der Waals surface area contributed by atoms with E-state index >= 15 is 0 Å². The molecule has 1 aromatic heterocycles. The molecule has 1 heterocycles. The van der Waals surface area contributed by atoms with Gasteiger partial charge in [0.25, 0.3) is 0 Å². The molecule has 4 heteroatoms. The molecular formula is C12H21N3S. The Morgan fingerprint density at radius 3 is 2.75 bits per heavy atom. The Kier molecular flexibility index (Phi) is 5.60. The highest BCUT2D eigenvalue weighted by Crippen LogP contribution is 2.19. The Bertz CT molecular complexity index is 331. The summed E-state index contributed by atoms with van der Waals surface area (Å²) in [6, 6.07) is 0. The van der Waals surface area contributed by atoms with Crippen molar-refractivity contribution < 1.29 is 0 Å². The van der Waals surface area contributed by atoms with Crippen molar-refractivity contribution in [1.29, 1.82) is 0 Å². The molecule has 16 heavy (non-hydrogen) atoms. The van der Waals surface area contributed by atoms with Crippen molar-refractivity contribution in [1.82, 2.24) is 14.8 Å². The van der Waals surface area contributed by atoms with Crippen LogP contribution in [0.3, 0.4) is 0 Å². The van der Waals surface area contributed by atoms with Crippen LogP contribution in [0.25, 0.3) is 0 Å². The SMILES string of the molecule is C=CCn1c(CC)nnc1SCCC(C)C. The number of hydrogen-bond donors (Lipinski definition) is 0. The van der Waals surface area contributed by atoms with Crippen LogP contribution in [0, 0.1) is 5.92 Å². The average molecular weight is 239 g/mol. The van der Waals surface area contributed by atoms with Gasteiger partial charge >= 0.3 is 0 Å². The second kappa shape index (κ2) is 6.74. The molecule has 0 bridgehead atoms. The normalized spacial score (nSPS) is 11.0. The Morgan fingerprint density at radius 1 is 1.44 bits per heavy atom. The second-order valence-corrected chi connectivity index (χ2v) is 5.24. The van der Waals surface area contributed by atoms with E-state index in [0.29, 0.717) is 0 Å². The van der Waals surface area contributed by atoms with Crippen LogP contribution >= 0.6 is 11.8 Å². The summed E-state index contributed by atoms with van der Waals surface area (Å²) in [5, 5.41) is 9.45. The molecule has 0 aliphatic rings. The van der Waals surface area contributed by atoms with Crippen LogP contribution in [0.4, 0.5) is 0 Å². The molecule has 0 radical (unpaired) electrons. The molecule has 0 aliphatic heterocycles. The van der Waals surface area contributed by atoms with E-state index in [1.54, 1.807) is 11.8 Å². The smallest absolute Gasteiger partial charge is 0.191 e. The molecule has 90 valence electrons. The van der Waals surface area contributed by atoms with Crippen molar-refractivity contribution >= 4 is 11.8 Å². The average Bonchev–Trinajstić information content (AvgIpc) is 2.61. The highest BCUT2D eigenvalue weighted by Gasteiger charge is 2.09. The third kappa shape index (κ3) is 3.67. The van der Waals surface area contributed by atoms with Gasteiger partial charge in [-0.2, -0.15) is 0 Å². The quantitative estimate of drug-likeness (QED) is 0.541. The van der Waals surface area contributed by atoms with Crippen molar-refractivity contribution in [3.05, 3.63) is 18.5 Å². The van der Waals surface area contributed by atoms with Gasteiger partial charge in [0, 0.05) is 18.7 Å². The fraction of sp³-hybridized carbons (Fsp3) is 0.667. The Balaban J connectivity index is 2.63. The zero-order chi connectivity index (χ0) is 12.0. The van der Waals surface area contributed by atoms with E-state index in [1.807, 2.05) is 6.08 Å². The highest BCUT2D eigenvalue weighted by molar-refractivity contribution is 7.99. The lowest BCUT2D eigenvalue weighted by atomic mass is 10.2. The molecule has 0 amide bonds. The van der Waals surface area contributed by atoms with Crippen molar-refractivity contribution in [2.75, 3.05) is 5.75 Å². The minimum absolute atomic E-state index is 0.744. The van der Waals surface area contributed by atoms with Crippen LogP contribution in [0.1, 0.15) is 33.0 Å². The summed E-state index contributed by atoms with van der Waals surface area (Å²) in [6.45, 7) is 11.2. The van der Waals surface area contributed by atoms with Crippen molar-refractivity contribution in [3.8, 4) is 0 Å². The number of thioether (sulfide) groups is 1. The molecule has 0 unspecified atom stereocenters. The molecule has 0 saturated heterocycles. The minimum Gasteiger partial charge on any atom is -0.302 e. The molecule has 0 fully saturated rings. The summed E-state index contributed by atoms with van der Waals surface area (Å²) in [5.41, 5.74) is 0. The molecule has 1 rings (SSSR count). The molecule has 0 atom stereocenters. The number of allylic oxidation sites excluding steroid dienone is 1. The minimum atomic E-state index is 0.744. The lowest BCUT2D eigenvalue weighted by Crippen LogP contribution is -2.03. The van der Waals surface area contributed by atoms with Gasteiger partial charge in [-0.05, 0) is 12.3 Å². The first-order chi connectivity index (χ1) is 7.69. The van der Waals surface area contributed by atoms with Gasteiger partial charge in [-0.1, -0.05) is 38.6 Å². The zero-order valence-corrected chi connectivity index (χ0v) is 11.3. The maximum Gasteiger partial charge on any atom is 0.191 e. The maximum absolute atomic E-state index is 4.23. The Labute approximate surface area is 102 Å². The van der Waals surface area contributed by atoms with E-state index in [4.69, 9.17) is 0 Å². The van der Waals surface area contributed by atoms with Crippen LogP contribution in [-0.4, -0.2) is 20.5 Å². The lowest BCUT2D eigenvalue weighted by Gasteiger charge is -2.07.